The molecule has 308 valence electrons. The summed E-state index contributed by atoms with van der Waals surface area (Å²) >= 11 is 0. The zero-order valence-corrected chi connectivity index (χ0v) is 34.1. The third-order valence-corrected chi connectivity index (χ3v) is 9.42. The molecule has 0 radical (unpaired) electrons. The molecule has 0 bridgehead atoms. The Hall–Kier alpha value is -2.07. The van der Waals surface area contributed by atoms with E-state index < -0.39 is 51.8 Å². The largest absolute Gasteiger partial charge is 0.472 e. The van der Waals surface area contributed by atoms with Gasteiger partial charge in [-0.25, -0.2) is 4.57 Å². The topological polar surface area (TPSA) is 149 Å². The molecule has 0 aliphatic carbocycles. The summed E-state index contributed by atoms with van der Waals surface area (Å²) in [6, 6.07) is 0. The average Bonchev–Trinajstić information content (AvgIpc) is 3.14. The van der Waals surface area contributed by atoms with E-state index in [0.29, 0.717) is 12.8 Å². The highest BCUT2D eigenvalue weighted by Gasteiger charge is 2.27. The van der Waals surface area contributed by atoms with Crippen LogP contribution in [0.3, 0.4) is 0 Å². The van der Waals surface area contributed by atoms with Gasteiger partial charge in [-0.3, -0.25) is 18.6 Å². The summed E-state index contributed by atoms with van der Waals surface area (Å²) in [5, 5.41) is 18.3. The molecule has 0 saturated carbocycles. The van der Waals surface area contributed by atoms with Crippen molar-refractivity contribution in [3.05, 3.63) is 48.6 Å². The number of hydrogen-bond acceptors (Lipinski definition) is 9. The van der Waals surface area contributed by atoms with Crippen molar-refractivity contribution in [2.45, 2.75) is 180 Å². The van der Waals surface area contributed by atoms with Crippen molar-refractivity contribution in [3.8, 4) is 0 Å². The number of carbonyl (C=O) groups excluding carboxylic acids is 2. The van der Waals surface area contributed by atoms with Crippen molar-refractivity contribution in [2.75, 3.05) is 26.4 Å². The molecule has 3 atom stereocenters. The Bertz CT molecular complexity index is 1030. The van der Waals surface area contributed by atoms with Gasteiger partial charge >= 0.3 is 19.8 Å². The molecule has 0 aromatic carbocycles. The van der Waals surface area contributed by atoms with Gasteiger partial charge in [-0.05, 0) is 70.6 Å². The van der Waals surface area contributed by atoms with Gasteiger partial charge < -0.3 is 24.6 Å². The van der Waals surface area contributed by atoms with E-state index in [0.717, 1.165) is 77.0 Å². The lowest BCUT2D eigenvalue weighted by Crippen LogP contribution is -2.29. The summed E-state index contributed by atoms with van der Waals surface area (Å²) in [6.07, 6.45) is 39.4. The van der Waals surface area contributed by atoms with Gasteiger partial charge in [0.2, 0.25) is 0 Å². The van der Waals surface area contributed by atoms with E-state index in [9.17, 15) is 24.2 Å². The van der Waals surface area contributed by atoms with Crippen LogP contribution >= 0.6 is 7.82 Å². The molecule has 0 aromatic heterocycles. The van der Waals surface area contributed by atoms with E-state index in [4.69, 9.17) is 19.1 Å². The summed E-state index contributed by atoms with van der Waals surface area (Å²) in [7, 11) is -4.62. The summed E-state index contributed by atoms with van der Waals surface area (Å²) < 4.78 is 32.6. The maximum absolute atomic E-state index is 12.6. The van der Waals surface area contributed by atoms with Crippen LogP contribution in [0.2, 0.25) is 0 Å². The van der Waals surface area contributed by atoms with Crippen LogP contribution in [0.5, 0.6) is 0 Å². The molecule has 11 heteroatoms. The number of carbonyl (C=O) groups is 2. The van der Waals surface area contributed by atoms with Gasteiger partial charge in [-0.1, -0.05) is 133 Å². The van der Waals surface area contributed by atoms with Crippen molar-refractivity contribution in [1.29, 1.82) is 0 Å². The fourth-order valence-electron chi connectivity index (χ4n) is 5.30. The Balaban J connectivity index is 4.38. The first kappa shape index (κ1) is 50.9. The summed E-state index contributed by atoms with van der Waals surface area (Å²) in [5.41, 5.74) is 0. The second kappa shape index (κ2) is 38.2. The molecule has 0 heterocycles. The number of hydrogen-bond donors (Lipinski definition) is 3. The zero-order chi connectivity index (χ0) is 39.1. The lowest BCUT2D eigenvalue weighted by molar-refractivity contribution is -0.161. The number of unbranched alkanes of at least 4 members (excludes halogenated alkanes) is 16. The molecule has 0 spiro atoms. The van der Waals surface area contributed by atoms with Crippen LogP contribution < -0.4 is 0 Å². The standard InChI is InChI=1S/C42H75O10P/c1-3-5-7-9-11-13-15-17-19-21-23-25-27-29-31-33-41(45)49-37-40(38-51-53(47,48)50-36-39(44)35-43)52-42(46)34-32-30-28-26-24-22-20-18-16-14-12-10-8-6-4-2/h6,8,12,14,18,20-21,23,39-40,43-44H,3-5,7,9-11,13,15-17,19,22,24-38H2,1-2H3,(H,47,48)/b8-6+,14-12+,20-18+,23-21+/t39-,40+/m0/s1. The summed E-state index contributed by atoms with van der Waals surface area (Å²) in [6.45, 7) is 2.22. The molecule has 3 N–H and O–H groups in total. The number of ether oxygens (including phenoxy) is 2. The molecular weight excluding hydrogens is 695 g/mol. The van der Waals surface area contributed by atoms with Crippen molar-refractivity contribution in [2.24, 2.45) is 0 Å². The van der Waals surface area contributed by atoms with Gasteiger partial charge in [0.1, 0.15) is 12.7 Å². The normalized spacial score (nSPS) is 14.4. The Morgan fingerprint density at radius 3 is 1.60 bits per heavy atom. The second-order valence-electron chi connectivity index (χ2n) is 13.6. The smallest absolute Gasteiger partial charge is 0.462 e. The quantitative estimate of drug-likeness (QED) is 0.0240. The van der Waals surface area contributed by atoms with Gasteiger partial charge in [-0.15, -0.1) is 0 Å². The third-order valence-electron chi connectivity index (χ3n) is 8.47. The molecule has 0 aromatic rings. The first-order valence-electron chi connectivity index (χ1n) is 20.6. The van der Waals surface area contributed by atoms with Gasteiger partial charge in [0.25, 0.3) is 0 Å². The van der Waals surface area contributed by atoms with Gasteiger partial charge in [-0.2, -0.15) is 0 Å². The summed E-state index contributed by atoms with van der Waals surface area (Å²) in [5.74, 6) is -0.965. The molecule has 0 aliphatic rings. The molecule has 1 unspecified atom stereocenters. The Morgan fingerprint density at radius 1 is 0.585 bits per heavy atom. The van der Waals surface area contributed by atoms with Crippen molar-refractivity contribution < 1.29 is 47.8 Å². The highest BCUT2D eigenvalue weighted by atomic mass is 31.2. The SMILES string of the molecule is CC/C=C/C/C=C/C/C=C/CCCCCCCC(=O)O[C@H](COC(=O)CCCCC/C=C/CCCCCCCCCC)COP(=O)(O)OC[C@@H](O)CO. The van der Waals surface area contributed by atoms with Crippen LogP contribution in [-0.4, -0.2) is 65.7 Å². The molecule has 0 rings (SSSR count). The van der Waals surface area contributed by atoms with Crippen LogP contribution in [0.4, 0.5) is 0 Å². The van der Waals surface area contributed by atoms with E-state index >= 15 is 0 Å². The van der Waals surface area contributed by atoms with Crippen LogP contribution in [0.1, 0.15) is 168 Å². The van der Waals surface area contributed by atoms with E-state index in [1.807, 2.05) is 0 Å². The molecule has 0 fully saturated rings. The molecule has 0 saturated heterocycles. The molecule has 0 amide bonds. The number of aliphatic hydroxyl groups is 2. The maximum atomic E-state index is 12.6. The molecule has 53 heavy (non-hydrogen) atoms. The van der Waals surface area contributed by atoms with Crippen molar-refractivity contribution >= 4 is 19.8 Å². The molecular formula is C42H75O10P. The Kier molecular flexibility index (Phi) is 36.7. The minimum atomic E-state index is -4.62. The monoisotopic (exact) mass is 771 g/mol. The molecule has 10 nitrogen and oxygen atoms in total. The molecule has 0 aliphatic heterocycles. The number of phosphoric acid groups is 1. The minimum Gasteiger partial charge on any atom is -0.462 e. The first-order chi connectivity index (χ1) is 25.7. The van der Waals surface area contributed by atoms with E-state index in [1.54, 1.807) is 0 Å². The van der Waals surface area contributed by atoms with Crippen LogP contribution in [-0.2, 0) is 32.7 Å². The Labute approximate surface area is 322 Å². The number of esters is 2. The zero-order valence-electron chi connectivity index (χ0n) is 33.2. The van der Waals surface area contributed by atoms with E-state index in [-0.39, 0.29) is 19.4 Å². The Morgan fingerprint density at radius 2 is 1.04 bits per heavy atom. The number of aliphatic hydroxyl groups excluding tert-OH is 2. The van der Waals surface area contributed by atoms with Gasteiger partial charge in [0.15, 0.2) is 6.10 Å². The third kappa shape index (κ3) is 38.0. The van der Waals surface area contributed by atoms with Gasteiger partial charge in [0.05, 0.1) is 19.8 Å². The minimum absolute atomic E-state index is 0.160. The highest BCUT2D eigenvalue weighted by molar-refractivity contribution is 7.47. The predicted octanol–water partition coefficient (Wildman–Crippen LogP) is 10.6. The van der Waals surface area contributed by atoms with Crippen LogP contribution in [0, 0.1) is 0 Å². The second-order valence-corrected chi connectivity index (χ2v) is 15.1. The van der Waals surface area contributed by atoms with Gasteiger partial charge in [0, 0.05) is 12.8 Å². The van der Waals surface area contributed by atoms with Crippen molar-refractivity contribution in [3.63, 3.8) is 0 Å². The van der Waals surface area contributed by atoms with Crippen LogP contribution in [0.15, 0.2) is 48.6 Å². The summed E-state index contributed by atoms with van der Waals surface area (Å²) in [4.78, 5) is 34.9. The van der Waals surface area contributed by atoms with Crippen LogP contribution in [0.25, 0.3) is 0 Å². The number of allylic oxidation sites excluding steroid dienone is 8. The van der Waals surface area contributed by atoms with E-state index in [2.05, 4.69) is 67.0 Å². The fraction of sp³-hybridized carbons (Fsp3) is 0.762. The number of phosphoric ester groups is 1. The highest BCUT2D eigenvalue weighted by Crippen LogP contribution is 2.43. The first-order valence-corrected chi connectivity index (χ1v) is 22.1. The average molecular weight is 771 g/mol. The lowest BCUT2D eigenvalue weighted by atomic mass is 10.1. The lowest BCUT2D eigenvalue weighted by Gasteiger charge is -2.20. The van der Waals surface area contributed by atoms with Crippen molar-refractivity contribution in [1.82, 2.24) is 0 Å². The fourth-order valence-corrected chi connectivity index (χ4v) is 6.08. The predicted molar refractivity (Wildman–Crippen MR) is 214 cm³/mol. The maximum Gasteiger partial charge on any atom is 0.472 e. The van der Waals surface area contributed by atoms with E-state index in [1.165, 1.54) is 51.4 Å². The number of rotatable bonds is 38.